The highest BCUT2D eigenvalue weighted by Gasteiger charge is 2.21. The smallest absolute Gasteiger partial charge is 0.211 e. The molecular formula is C14H22N2O3S. The summed E-state index contributed by atoms with van der Waals surface area (Å²) in [5, 5.41) is 9.58. The Labute approximate surface area is 120 Å². The number of aliphatic hydroxyl groups excluding tert-OH is 1. The van der Waals surface area contributed by atoms with Crippen LogP contribution in [-0.2, 0) is 16.4 Å². The summed E-state index contributed by atoms with van der Waals surface area (Å²) in [5.41, 5.74) is 0.783. The van der Waals surface area contributed by atoms with Crippen LogP contribution >= 0.6 is 0 Å². The van der Waals surface area contributed by atoms with Crippen LogP contribution in [0.4, 0.5) is 0 Å². The molecule has 0 aromatic carbocycles. The van der Waals surface area contributed by atoms with Gasteiger partial charge < -0.3 is 5.11 Å². The molecule has 1 aliphatic rings. The molecule has 2 rings (SSSR count). The molecule has 1 heterocycles. The van der Waals surface area contributed by atoms with Crippen LogP contribution < -0.4 is 4.72 Å². The molecule has 0 bridgehead atoms. The predicted octanol–water partition coefficient (Wildman–Crippen LogP) is 1.09. The van der Waals surface area contributed by atoms with Crippen molar-refractivity contribution in [2.24, 2.45) is 5.92 Å². The fourth-order valence-corrected chi connectivity index (χ4v) is 3.66. The van der Waals surface area contributed by atoms with E-state index in [4.69, 9.17) is 0 Å². The number of pyridine rings is 1. The van der Waals surface area contributed by atoms with Gasteiger partial charge in [-0.1, -0.05) is 12.5 Å². The third-order valence-corrected chi connectivity index (χ3v) is 5.05. The summed E-state index contributed by atoms with van der Waals surface area (Å²) in [4.78, 5) is 4.12. The van der Waals surface area contributed by atoms with Crippen LogP contribution in [0, 0.1) is 5.92 Å². The summed E-state index contributed by atoms with van der Waals surface area (Å²) in [6.07, 6.45) is 5.31. The van der Waals surface area contributed by atoms with Crippen LogP contribution in [0.3, 0.4) is 0 Å². The minimum atomic E-state index is -3.27. The molecule has 0 spiro atoms. The molecule has 1 aromatic heterocycles. The van der Waals surface area contributed by atoms with Gasteiger partial charge in [0.15, 0.2) is 0 Å². The fraction of sp³-hybridized carbons (Fsp3) is 0.643. The van der Waals surface area contributed by atoms with E-state index in [-0.39, 0.29) is 17.8 Å². The number of aliphatic hydroxyl groups is 1. The van der Waals surface area contributed by atoms with Gasteiger partial charge in [0.2, 0.25) is 10.0 Å². The number of nitrogens with one attached hydrogen (secondary N) is 1. The second-order valence-electron chi connectivity index (χ2n) is 5.42. The number of sulfonamides is 1. The van der Waals surface area contributed by atoms with E-state index in [1.807, 2.05) is 18.2 Å². The molecule has 2 atom stereocenters. The second kappa shape index (κ2) is 7.15. The van der Waals surface area contributed by atoms with Crippen molar-refractivity contribution in [2.45, 2.75) is 38.2 Å². The summed E-state index contributed by atoms with van der Waals surface area (Å²) >= 11 is 0. The highest BCUT2D eigenvalue weighted by atomic mass is 32.2. The fourth-order valence-electron chi connectivity index (χ4n) is 2.55. The number of aryl methyl sites for hydroxylation is 1. The van der Waals surface area contributed by atoms with Crippen LogP contribution in [0.15, 0.2) is 24.4 Å². The van der Waals surface area contributed by atoms with Gasteiger partial charge in [-0.2, -0.15) is 0 Å². The maximum absolute atomic E-state index is 11.9. The molecule has 0 saturated heterocycles. The van der Waals surface area contributed by atoms with Crippen molar-refractivity contribution in [3.8, 4) is 0 Å². The summed E-state index contributed by atoms with van der Waals surface area (Å²) in [6.45, 7) is 0.432. The van der Waals surface area contributed by atoms with E-state index in [9.17, 15) is 13.5 Å². The minimum absolute atomic E-state index is 0.0548. The average molecular weight is 298 g/mol. The largest absolute Gasteiger partial charge is 0.393 e. The zero-order chi connectivity index (χ0) is 14.4. The van der Waals surface area contributed by atoms with Gasteiger partial charge in [0.1, 0.15) is 0 Å². The lowest BCUT2D eigenvalue weighted by Crippen LogP contribution is -2.34. The van der Waals surface area contributed by atoms with E-state index >= 15 is 0 Å². The SMILES string of the molecule is O=S(=O)(CCc1ccccn1)NCC1CCCC(O)C1. The van der Waals surface area contributed by atoms with Crippen molar-refractivity contribution in [1.29, 1.82) is 0 Å². The lowest BCUT2D eigenvalue weighted by Gasteiger charge is -2.25. The van der Waals surface area contributed by atoms with Gasteiger partial charge in [0.05, 0.1) is 11.9 Å². The zero-order valence-corrected chi connectivity index (χ0v) is 12.3. The van der Waals surface area contributed by atoms with E-state index in [0.717, 1.165) is 25.0 Å². The Morgan fingerprint density at radius 2 is 2.20 bits per heavy atom. The number of aromatic nitrogens is 1. The maximum atomic E-state index is 11.9. The van der Waals surface area contributed by atoms with Gasteiger partial charge in [0.25, 0.3) is 0 Å². The van der Waals surface area contributed by atoms with Crippen LogP contribution in [0.5, 0.6) is 0 Å². The molecule has 0 aliphatic heterocycles. The van der Waals surface area contributed by atoms with Gasteiger partial charge in [-0.15, -0.1) is 0 Å². The highest BCUT2D eigenvalue weighted by molar-refractivity contribution is 7.89. The zero-order valence-electron chi connectivity index (χ0n) is 11.5. The first kappa shape index (κ1) is 15.4. The van der Waals surface area contributed by atoms with E-state index < -0.39 is 10.0 Å². The van der Waals surface area contributed by atoms with Crippen LogP contribution in [0.1, 0.15) is 31.4 Å². The summed E-state index contributed by atoms with van der Waals surface area (Å²) in [6, 6.07) is 5.49. The summed E-state index contributed by atoms with van der Waals surface area (Å²) in [5.74, 6) is 0.308. The first-order valence-electron chi connectivity index (χ1n) is 7.10. The Morgan fingerprint density at radius 3 is 2.90 bits per heavy atom. The van der Waals surface area contributed by atoms with Crippen LogP contribution in [-0.4, -0.2) is 36.9 Å². The molecule has 1 aromatic rings. The topological polar surface area (TPSA) is 79.3 Å². The Kier molecular flexibility index (Phi) is 5.51. The number of nitrogens with zero attached hydrogens (tertiary/aromatic N) is 1. The molecule has 2 N–H and O–H groups in total. The quantitative estimate of drug-likeness (QED) is 0.824. The molecule has 1 saturated carbocycles. The molecule has 0 radical (unpaired) electrons. The molecule has 6 heteroatoms. The van der Waals surface area contributed by atoms with Crippen LogP contribution in [0.2, 0.25) is 0 Å². The third kappa shape index (κ3) is 5.19. The molecule has 20 heavy (non-hydrogen) atoms. The monoisotopic (exact) mass is 298 g/mol. The molecule has 2 unspecified atom stereocenters. The van der Waals surface area contributed by atoms with Crippen molar-refractivity contribution in [1.82, 2.24) is 9.71 Å². The number of rotatable bonds is 6. The Bertz CT molecular complexity index is 504. The summed E-state index contributed by atoms with van der Waals surface area (Å²) < 4.78 is 26.5. The van der Waals surface area contributed by atoms with Crippen molar-refractivity contribution in [3.63, 3.8) is 0 Å². The Morgan fingerprint density at radius 1 is 1.35 bits per heavy atom. The Balaban J connectivity index is 1.76. The highest BCUT2D eigenvalue weighted by Crippen LogP contribution is 2.23. The lowest BCUT2D eigenvalue weighted by atomic mass is 9.87. The van der Waals surface area contributed by atoms with Gasteiger partial charge in [-0.05, 0) is 37.3 Å². The van der Waals surface area contributed by atoms with Crippen molar-refractivity contribution >= 4 is 10.0 Å². The first-order valence-corrected chi connectivity index (χ1v) is 8.76. The summed E-state index contributed by atoms with van der Waals surface area (Å²) in [7, 11) is -3.27. The van der Waals surface area contributed by atoms with E-state index in [0.29, 0.717) is 19.4 Å². The van der Waals surface area contributed by atoms with E-state index in [1.165, 1.54) is 0 Å². The van der Waals surface area contributed by atoms with Crippen molar-refractivity contribution in [3.05, 3.63) is 30.1 Å². The van der Waals surface area contributed by atoms with Gasteiger partial charge in [0, 0.05) is 24.9 Å². The maximum Gasteiger partial charge on any atom is 0.211 e. The van der Waals surface area contributed by atoms with E-state index in [1.54, 1.807) is 6.20 Å². The lowest BCUT2D eigenvalue weighted by molar-refractivity contribution is 0.102. The Hall–Kier alpha value is -0.980. The van der Waals surface area contributed by atoms with Gasteiger partial charge in [-0.3, -0.25) is 4.98 Å². The standard InChI is InChI=1S/C14H22N2O3S/c17-14-6-3-4-12(10-14)11-16-20(18,19)9-7-13-5-1-2-8-15-13/h1-2,5,8,12,14,16-17H,3-4,6-7,9-11H2. The number of hydrogen-bond donors (Lipinski definition) is 2. The number of hydrogen-bond acceptors (Lipinski definition) is 4. The average Bonchev–Trinajstić information content (AvgIpc) is 2.45. The molecular weight excluding hydrogens is 276 g/mol. The van der Waals surface area contributed by atoms with Crippen molar-refractivity contribution in [2.75, 3.05) is 12.3 Å². The normalized spacial score (nSPS) is 23.6. The molecule has 1 aliphatic carbocycles. The molecule has 1 fully saturated rings. The van der Waals surface area contributed by atoms with Gasteiger partial charge >= 0.3 is 0 Å². The molecule has 112 valence electrons. The predicted molar refractivity (Wildman–Crippen MR) is 77.7 cm³/mol. The molecule has 0 amide bonds. The van der Waals surface area contributed by atoms with Crippen molar-refractivity contribution < 1.29 is 13.5 Å². The van der Waals surface area contributed by atoms with Gasteiger partial charge in [-0.25, -0.2) is 13.1 Å². The first-order chi connectivity index (χ1) is 9.55. The third-order valence-electron chi connectivity index (χ3n) is 3.70. The molecule has 5 nitrogen and oxygen atoms in total. The second-order valence-corrected chi connectivity index (χ2v) is 7.35. The minimum Gasteiger partial charge on any atom is -0.393 e. The van der Waals surface area contributed by atoms with E-state index in [2.05, 4.69) is 9.71 Å². The van der Waals surface area contributed by atoms with Crippen LogP contribution in [0.25, 0.3) is 0 Å².